The highest BCUT2D eigenvalue weighted by atomic mass is 127. The molecule has 1 atom stereocenters. The Morgan fingerprint density at radius 2 is 1.88 bits per heavy atom. The predicted molar refractivity (Wildman–Crippen MR) is 84.1 cm³/mol. The van der Waals surface area contributed by atoms with Crippen molar-refractivity contribution in [1.82, 2.24) is 0 Å². The molecule has 0 N–H and O–H groups in total. The normalized spacial score (nSPS) is 13.1. The number of hydrogen-bond donors (Lipinski definition) is 0. The summed E-state index contributed by atoms with van der Waals surface area (Å²) in [5.41, 5.74) is 1.20. The van der Waals surface area contributed by atoms with E-state index < -0.39 is 10.8 Å². The molecule has 0 aliphatic heterocycles. The van der Waals surface area contributed by atoms with Crippen LogP contribution in [0.4, 0.5) is 0 Å². The van der Waals surface area contributed by atoms with Crippen LogP contribution in [0.15, 0.2) is 40.6 Å². The molecule has 3 heteroatoms. The van der Waals surface area contributed by atoms with E-state index in [-0.39, 0.29) is 0 Å². The molecular weight excluding hydrogens is 343 g/mol. The fraction of sp³-hybridized carbons (Fsp3) is 0.429. The van der Waals surface area contributed by atoms with Crippen molar-refractivity contribution in [2.75, 3.05) is 4.43 Å². The van der Waals surface area contributed by atoms with Crippen molar-refractivity contribution in [2.45, 2.75) is 37.5 Å². The van der Waals surface area contributed by atoms with Crippen molar-refractivity contribution < 1.29 is 4.21 Å². The number of halogens is 1. The molecule has 0 amide bonds. The minimum Gasteiger partial charge on any atom is -0.250 e. The Labute approximate surface area is 120 Å². The Morgan fingerprint density at radius 3 is 2.53 bits per heavy atom. The maximum Gasteiger partial charge on any atom is 0.0772 e. The molecule has 94 valence electrons. The Morgan fingerprint density at radius 1 is 1.18 bits per heavy atom. The lowest BCUT2D eigenvalue weighted by Crippen LogP contribution is -1.86. The maximum atomic E-state index is 11.9. The first-order valence-corrected chi connectivity index (χ1v) is 8.68. The van der Waals surface area contributed by atoms with Crippen LogP contribution in [0.1, 0.15) is 31.2 Å². The fourth-order valence-electron chi connectivity index (χ4n) is 1.44. The molecule has 1 aromatic rings. The molecule has 0 spiro atoms. The van der Waals surface area contributed by atoms with Gasteiger partial charge in [0.15, 0.2) is 0 Å². The number of aryl methyl sites for hydroxylation is 1. The van der Waals surface area contributed by atoms with Gasteiger partial charge in [-0.05, 0) is 42.7 Å². The van der Waals surface area contributed by atoms with E-state index in [0.717, 1.165) is 11.3 Å². The van der Waals surface area contributed by atoms with Gasteiger partial charge in [0.1, 0.15) is 0 Å². The van der Waals surface area contributed by atoms with Gasteiger partial charge in [-0.15, -0.1) is 0 Å². The van der Waals surface area contributed by atoms with E-state index in [4.69, 9.17) is 0 Å². The highest BCUT2D eigenvalue weighted by Crippen LogP contribution is 2.10. The van der Waals surface area contributed by atoms with E-state index in [1.54, 1.807) is 0 Å². The zero-order valence-corrected chi connectivity index (χ0v) is 13.2. The first kappa shape index (κ1) is 14.9. The van der Waals surface area contributed by atoms with Gasteiger partial charge >= 0.3 is 0 Å². The number of alkyl halides is 1. The van der Waals surface area contributed by atoms with Crippen LogP contribution in [0.5, 0.6) is 0 Å². The van der Waals surface area contributed by atoms with Gasteiger partial charge in [0.2, 0.25) is 0 Å². The minimum absolute atomic E-state index is 0.888. The summed E-state index contributed by atoms with van der Waals surface area (Å²) < 4.78 is 13.1. The lowest BCUT2D eigenvalue weighted by atomic mass is 10.2. The summed E-state index contributed by atoms with van der Waals surface area (Å²) in [4.78, 5) is 0.888. The van der Waals surface area contributed by atoms with E-state index in [9.17, 15) is 4.21 Å². The van der Waals surface area contributed by atoms with Crippen LogP contribution in [0.2, 0.25) is 0 Å². The second-order valence-corrected chi connectivity index (χ2v) is 6.44. The number of unbranched alkanes of at least 4 members (excludes halogenated alkanes) is 3. The van der Waals surface area contributed by atoms with E-state index in [1.165, 1.54) is 29.3 Å². The Hall–Kier alpha value is -0.160. The van der Waals surface area contributed by atoms with Gasteiger partial charge in [-0.3, -0.25) is 0 Å². The van der Waals surface area contributed by atoms with Crippen LogP contribution in [-0.4, -0.2) is 8.64 Å². The van der Waals surface area contributed by atoms with Crippen molar-refractivity contribution in [1.29, 1.82) is 0 Å². The first-order chi connectivity index (χ1) is 8.24. The van der Waals surface area contributed by atoms with E-state index in [2.05, 4.69) is 22.6 Å². The largest absolute Gasteiger partial charge is 0.250 e. The molecule has 1 rings (SSSR count). The van der Waals surface area contributed by atoms with Crippen molar-refractivity contribution in [3.05, 3.63) is 41.3 Å². The molecule has 17 heavy (non-hydrogen) atoms. The van der Waals surface area contributed by atoms with Crippen molar-refractivity contribution in [3.63, 3.8) is 0 Å². The van der Waals surface area contributed by atoms with Gasteiger partial charge in [-0.25, -0.2) is 4.21 Å². The maximum absolute atomic E-state index is 11.9. The second kappa shape index (κ2) is 8.86. The molecule has 0 aliphatic carbocycles. The number of allylic oxidation sites excluding steroid dienone is 1. The van der Waals surface area contributed by atoms with E-state index in [0.29, 0.717) is 0 Å². The molecule has 0 heterocycles. The molecule has 1 unspecified atom stereocenters. The average Bonchev–Trinajstić information content (AvgIpc) is 2.34. The highest BCUT2D eigenvalue weighted by Gasteiger charge is 1.97. The molecule has 0 aliphatic rings. The summed E-state index contributed by atoms with van der Waals surface area (Å²) in [6, 6.07) is 7.88. The second-order valence-electron chi connectivity index (χ2n) is 4.02. The summed E-state index contributed by atoms with van der Waals surface area (Å²) in [6.45, 7) is 2.04. The lowest BCUT2D eigenvalue weighted by Gasteiger charge is -1.98. The first-order valence-electron chi connectivity index (χ1n) is 5.94. The molecular formula is C14H19IOS. The zero-order chi connectivity index (χ0) is 12.5. The molecule has 0 aromatic heterocycles. The predicted octanol–water partition coefficient (Wildman–Crippen LogP) is 4.61. The summed E-state index contributed by atoms with van der Waals surface area (Å²) in [5.74, 6) is 0. The molecule has 1 aromatic carbocycles. The zero-order valence-electron chi connectivity index (χ0n) is 10.2. The molecule has 1 nitrogen and oxygen atoms in total. The molecule has 0 radical (unpaired) electrons. The van der Waals surface area contributed by atoms with Gasteiger partial charge in [0, 0.05) is 10.3 Å². The number of rotatable bonds is 7. The minimum atomic E-state index is -0.981. The van der Waals surface area contributed by atoms with Crippen molar-refractivity contribution >= 4 is 33.4 Å². The standard InChI is InChI=1S/C14H19IOS/c1-13-7-9-14(10-8-13)17(16)12-6-4-2-3-5-11-15/h6-10,12H,2-5,11H2,1H3/b12-6+. The third-order valence-corrected chi connectivity index (χ3v) is 4.42. The summed E-state index contributed by atoms with van der Waals surface area (Å²) in [6.07, 6.45) is 6.84. The number of benzene rings is 1. The smallest absolute Gasteiger partial charge is 0.0772 e. The van der Waals surface area contributed by atoms with Crippen LogP contribution < -0.4 is 0 Å². The topological polar surface area (TPSA) is 17.1 Å². The lowest BCUT2D eigenvalue weighted by molar-refractivity contribution is 0.688. The number of hydrogen-bond acceptors (Lipinski definition) is 1. The third-order valence-electron chi connectivity index (χ3n) is 2.48. The van der Waals surface area contributed by atoms with Gasteiger partial charge in [-0.2, -0.15) is 0 Å². The van der Waals surface area contributed by atoms with E-state index in [1.807, 2.05) is 42.7 Å². The summed E-state index contributed by atoms with van der Waals surface area (Å²) in [5, 5.41) is 1.81. The van der Waals surface area contributed by atoms with Gasteiger partial charge in [0.25, 0.3) is 0 Å². The highest BCUT2D eigenvalue weighted by molar-refractivity contribution is 14.1. The quantitative estimate of drug-likeness (QED) is 0.393. The fourth-order valence-corrected chi connectivity index (χ4v) is 2.85. The van der Waals surface area contributed by atoms with Gasteiger partial charge in [-0.1, -0.05) is 52.8 Å². The van der Waals surface area contributed by atoms with Gasteiger partial charge in [0.05, 0.1) is 10.8 Å². The van der Waals surface area contributed by atoms with Crippen molar-refractivity contribution in [2.24, 2.45) is 0 Å². The van der Waals surface area contributed by atoms with Crippen LogP contribution in [0, 0.1) is 6.92 Å². The van der Waals surface area contributed by atoms with Crippen molar-refractivity contribution in [3.8, 4) is 0 Å². The molecule has 0 saturated heterocycles. The molecule has 0 fully saturated rings. The van der Waals surface area contributed by atoms with Crippen LogP contribution in [-0.2, 0) is 10.8 Å². The SMILES string of the molecule is Cc1ccc(S(=O)/C=C/CCCCCI)cc1. The van der Waals surface area contributed by atoms with Crippen LogP contribution in [0.25, 0.3) is 0 Å². The summed E-state index contributed by atoms with van der Waals surface area (Å²) >= 11 is 2.40. The monoisotopic (exact) mass is 362 g/mol. The third kappa shape index (κ3) is 6.36. The van der Waals surface area contributed by atoms with E-state index >= 15 is 0 Å². The van der Waals surface area contributed by atoms with Crippen LogP contribution >= 0.6 is 22.6 Å². The molecule has 0 saturated carbocycles. The Balaban J connectivity index is 2.33. The molecule has 0 bridgehead atoms. The average molecular weight is 362 g/mol. The van der Waals surface area contributed by atoms with Gasteiger partial charge < -0.3 is 0 Å². The van der Waals surface area contributed by atoms with Crippen LogP contribution in [0.3, 0.4) is 0 Å². The summed E-state index contributed by atoms with van der Waals surface area (Å²) in [7, 11) is -0.981. The Bertz CT molecular complexity index is 370. The Kier molecular flexibility index (Phi) is 7.77.